The lowest BCUT2D eigenvalue weighted by Gasteiger charge is -2.18. The van der Waals surface area contributed by atoms with E-state index < -0.39 is 6.04 Å². The molecule has 0 fully saturated rings. The monoisotopic (exact) mass is 367 g/mol. The van der Waals surface area contributed by atoms with E-state index in [0.29, 0.717) is 17.1 Å². The molecule has 0 radical (unpaired) electrons. The molecule has 8 heteroatoms. The molecule has 2 aromatic heterocycles. The first kappa shape index (κ1) is 18.4. The third-order valence-corrected chi connectivity index (χ3v) is 4.17. The van der Waals surface area contributed by atoms with Crippen molar-refractivity contribution in [2.24, 2.45) is 0 Å². The second kappa shape index (κ2) is 7.86. The van der Waals surface area contributed by atoms with Gasteiger partial charge in [-0.15, -0.1) is 0 Å². The molecule has 27 heavy (non-hydrogen) atoms. The Bertz CT molecular complexity index is 965. The van der Waals surface area contributed by atoms with Crippen molar-refractivity contribution in [3.05, 3.63) is 47.8 Å². The zero-order valence-electron chi connectivity index (χ0n) is 15.4. The summed E-state index contributed by atoms with van der Waals surface area (Å²) in [5, 5.41) is 13.4. The predicted molar refractivity (Wildman–Crippen MR) is 101 cm³/mol. The number of hydrogen-bond acceptors (Lipinski definition) is 5. The molecule has 2 amide bonds. The quantitative estimate of drug-likeness (QED) is 0.620. The van der Waals surface area contributed by atoms with Crippen LogP contribution in [0.1, 0.15) is 30.6 Å². The Morgan fingerprint density at radius 3 is 2.67 bits per heavy atom. The van der Waals surface area contributed by atoms with Crippen LogP contribution in [-0.4, -0.2) is 34.1 Å². The first-order chi connectivity index (χ1) is 13.0. The van der Waals surface area contributed by atoms with Gasteiger partial charge in [0.05, 0.1) is 31.5 Å². The Morgan fingerprint density at radius 1 is 1.26 bits per heavy atom. The number of carbonyl (C=O) groups excluding carboxylic acids is 2. The lowest BCUT2D eigenvalue weighted by atomic mass is 10.0. The minimum atomic E-state index is -0.444. The van der Waals surface area contributed by atoms with Crippen LogP contribution < -0.4 is 15.4 Å². The number of aryl methyl sites for hydroxylation is 1. The number of hydrogen-bond donors (Lipinski definition) is 3. The highest BCUT2D eigenvalue weighted by molar-refractivity contribution is 5.93. The lowest BCUT2D eigenvalue weighted by Crippen LogP contribution is -2.29. The van der Waals surface area contributed by atoms with Crippen molar-refractivity contribution in [2.75, 3.05) is 12.4 Å². The number of ether oxygens (including phenoxy) is 1. The van der Waals surface area contributed by atoms with Gasteiger partial charge in [0, 0.05) is 18.0 Å². The highest BCUT2D eigenvalue weighted by Crippen LogP contribution is 2.22. The molecule has 2 heterocycles. The summed E-state index contributed by atoms with van der Waals surface area (Å²) in [6, 6.07) is 8.62. The predicted octanol–water partition coefficient (Wildman–Crippen LogP) is 2.48. The van der Waals surface area contributed by atoms with E-state index in [4.69, 9.17) is 4.74 Å². The van der Waals surface area contributed by atoms with Gasteiger partial charge in [0.25, 0.3) is 0 Å². The molecule has 140 valence electrons. The molecule has 0 saturated heterocycles. The lowest BCUT2D eigenvalue weighted by molar-refractivity contribution is -0.120. The number of rotatable bonds is 6. The van der Waals surface area contributed by atoms with Crippen molar-refractivity contribution in [3.63, 3.8) is 0 Å². The van der Waals surface area contributed by atoms with Crippen molar-refractivity contribution in [2.45, 2.75) is 26.3 Å². The van der Waals surface area contributed by atoms with Gasteiger partial charge in [-0.05, 0) is 30.7 Å². The largest absolute Gasteiger partial charge is 0.497 e. The Labute approximate surface area is 156 Å². The molecule has 0 bridgehead atoms. The second-order valence-corrected chi connectivity index (χ2v) is 6.22. The number of nitrogens with zero attached hydrogens (tertiary/aromatic N) is 2. The standard InChI is InChI=1S/C19H21N5O3/c1-11-16-8-14(10-20-19(16)24-23-11)22-18(26)9-17(21-12(2)25)13-4-6-15(27-3)7-5-13/h4-8,10,17H,9H2,1-3H3,(H,21,25)(H,22,26)(H,20,23,24). The van der Waals surface area contributed by atoms with E-state index in [-0.39, 0.29) is 18.2 Å². The summed E-state index contributed by atoms with van der Waals surface area (Å²) in [6.07, 6.45) is 1.65. The van der Waals surface area contributed by atoms with E-state index in [1.54, 1.807) is 25.4 Å². The maximum atomic E-state index is 12.5. The molecular formula is C19H21N5O3. The van der Waals surface area contributed by atoms with E-state index in [9.17, 15) is 9.59 Å². The molecule has 1 unspecified atom stereocenters. The first-order valence-corrected chi connectivity index (χ1v) is 8.48. The van der Waals surface area contributed by atoms with Crippen molar-refractivity contribution >= 4 is 28.5 Å². The topological polar surface area (TPSA) is 109 Å². The third-order valence-electron chi connectivity index (χ3n) is 4.17. The van der Waals surface area contributed by atoms with Crippen LogP contribution in [0, 0.1) is 6.92 Å². The number of aromatic nitrogens is 3. The Kier molecular flexibility index (Phi) is 5.35. The fourth-order valence-corrected chi connectivity index (χ4v) is 2.82. The van der Waals surface area contributed by atoms with Gasteiger partial charge in [-0.1, -0.05) is 12.1 Å². The van der Waals surface area contributed by atoms with Crippen molar-refractivity contribution in [1.29, 1.82) is 0 Å². The minimum absolute atomic E-state index is 0.0916. The fourth-order valence-electron chi connectivity index (χ4n) is 2.82. The number of anilines is 1. The van der Waals surface area contributed by atoms with E-state index in [2.05, 4.69) is 25.8 Å². The zero-order valence-corrected chi connectivity index (χ0v) is 15.4. The van der Waals surface area contributed by atoms with Crippen LogP contribution >= 0.6 is 0 Å². The molecule has 3 aromatic rings. The SMILES string of the molecule is COc1ccc(C(CC(=O)Nc2cnc3n[nH]c(C)c3c2)NC(C)=O)cc1. The second-order valence-electron chi connectivity index (χ2n) is 6.22. The smallest absolute Gasteiger partial charge is 0.226 e. The van der Waals surface area contributed by atoms with Crippen LogP contribution in [0.15, 0.2) is 36.5 Å². The van der Waals surface area contributed by atoms with Crippen LogP contribution in [0.3, 0.4) is 0 Å². The number of H-pyrrole nitrogens is 1. The Balaban J connectivity index is 1.74. The molecule has 8 nitrogen and oxygen atoms in total. The van der Waals surface area contributed by atoms with Crippen LogP contribution in [0.25, 0.3) is 11.0 Å². The summed E-state index contributed by atoms with van der Waals surface area (Å²) >= 11 is 0. The number of nitrogens with one attached hydrogen (secondary N) is 3. The van der Waals surface area contributed by atoms with E-state index in [1.807, 2.05) is 25.1 Å². The van der Waals surface area contributed by atoms with E-state index >= 15 is 0 Å². The van der Waals surface area contributed by atoms with Crippen LogP contribution in [-0.2, 0) is 9.59 Å². The molecule has 1 aromatic carbocycles. The van der Waals surface area contributed by atoms with Gasteiger partial charge in [-0.25, -0.2) is 4.98 Å². The number of benzene rings is 1. The van der Waals surface area contributed by atoms with Crippen molar-refractivity contribution < 1.29 is 14.3 Å². The number of aromatic amines is 1. The third kappa shape index (κ3) is 4.41. The summed E-state index contributed by atoms with van der Waals surface area (Å²) in [6.45, 7) is 3.31. The number of methoxy groups -OCH3 is 1. The zero-order chi connectivity index (χ0) is 19.4. The molecule has 0 saturated carbocycles. The summed E-state index contributed by atoms with van der Waals surface area (Å²) in [5.41, 5.74) is 2.87. The molecule has 3 rings (SSSR count). The molecule has 0 spiro atoms. The Hall–Kier alpha value is -3.42. The number of pyridine rings is 1. The summed E-state index contributed by atoms with van der Waals surface area (Å²) < 4.78 is 5.15. The number of amides is 2. The van der Waals surface area contributed by atoms with Crippen LogP contribution in [0.2, 0.25) is 0 Å². The highest BCUT2D eigenvalue weighted by Gasteiger charge is 2.18. The molecule has 0 aliphatic heterocycles. The summed E-state index contributed by atoms with van der Waals surface area (Å²) in [5.74, 6) is 0.271. The summed E-state index contributed by atoms with van der Waals surface area (Å²) in [7, 11) is 1.58. The molecule has 0 aliphatic carbocycles. The Morgan fingerprint density at radius 2 is 2.00 bits per heavy atom. The van der Waals surface area contributed by atoms with Gasteiger partial charge < -0.3 is 15.4 Å². The van der Waals surface area contributed by atoms with Gasteiger partial charge in [-0.3, -0.25) is 14.7 Å². The highest BCUT2D eigenvalue weighted by atomic mass is 16.5. The average Bonchev–Trinajstić information content (AvgIpc) is 3.01. The summed E-state index contributed by atoms with van der Waals surface area (Å²) in [4.78, 5) is 28.3. The first-order valence-electron chi connectivity index (χ1n) is 8.48. The maximum absolute atomic E-state index is 12.5. The van der Waals surface area contributed by atoms with Crippen molar-refractivity contribution in [1.82, 2.24) is 20.5 Å². The van der Waals surface area contributed by atoms with Gasteiger partial charge in [0.15, 0.2) is 5.65 Å². The van der Waals surface area contributed by atoms with Gasteiger partial charge >= 0.3 is 0 Å². The normalized spacial score (nSPS) is 11.8. The van der Waals surface area contributed by atoms with Gasteiger partial charge in [0.2, 0.25) is 11.8 Å². The maximum Gasteiger partial charge on any atom is 0.226 e. The van der Waals surface area contributed by atoms with Crippen LogP contribution in [0.4, 0.5) is 5.69 Å². The fraction of sp³-hybridized carbons (Fsp3) is 0.263. The molecule has 1 atom stereocenters. The van der Waals surface area contributed by atoms with Crippen LogP contribution in [0.5, 0.6) is 5.75 Å². The molecule has 0 aliphatic rings. The van der Waals surface area contributed by atoms with E-state index in [0.717, 1.165) is 16.6 Å². The van der Waals surface area contributed by atoms with Gasteiger partial charge in [0.1, 0.15) is 5.75 Å². The van der Waals surface area contributed by atoms with E-state index in [1.165, 1.54) is 6.92 Å². The number of fused-ring (bicyclic) bond motifs is 1. The minimum Gasteiger partial charge on any atom is -0.497 e. The average molecular weight is 367 g/mol. The van der Waals surface area contributed by atoms with Gasteiger partial charge in [-0.2, -0.15) is 5.10 Å². The molecule has 3 N–H and O–H groups in total. The molecular weight excluding hydrogens is 346 g/mol. The number of carbonyl (C=O) groups is 2. The van der Waals surface area contributed by atoms with Crippen molar-refractivity contribution in [3.8, 4) is 5.75 Å².